The van der Waals surface area contributed by atoms with Gasteiger partial charge in [-0.2, -0.15) is 0 Å². The Morgan fingerprint density at radius 3 is 3.00 bits per heavy atom. The van der Waals surface area contributed by atoms with Crippen molar-refractivity contribution in [2.45, 2.75) is 25.9 Å². The number of amides is 1. The highest BCUT2D eigenvalue weighted by molar-refractivity contribution is 5.79. The van der Waals surface area contributed by atoms with Crippen LogP contribution in [0, 0.1) is 11.8 Å². The van der Waals surface area contributed by atoms with Gasteiger partial charge in [-0.15, -0.1) is 0 Å². The monoisotopic (exact) mass is 212 g/mol. The first kappa shape index (κ1) is 10.9. The zero-order chi connectivity index (χ0) is 10.7. The average molecular weight is 212 g/mol. The van der Waals surface area contributed by atoms with Gasteiger partial charge in [-0.25, -0.2) is 0 Å². The molecule has 2 heterocycles. The summed E-state index contributed by atoms with van der Waals surface area (Å²) < 4.78 is 5.46. The predicted octanol–water partition coefficient (Wildman–Crippen LogP) is 0.137. The molecule has 2 saturated heterocycles. The van der Waals surface area contributed by atoms with Crippen molar-refractivity contribution in [2.75, 3.05) is 26.2 Å². The molecule has 1 amide bonds. The zero-order valence-corrected chi connectivity index (χ0v) is 9.29. The molecule has 3 unspecified atom stereocenters. The highest BCUT2D eigenvalue weighted by atomic mass is 16.5. The molecule has 3 atom stereocenters. The Morgan fingerprint density at radius 2 is 2.40 bits per heavy atom. The second-order valence-electron chi connectivity index (χ2n) is 4.62. The molecule has 0 saturated carbocycles. The van der Waals surface area contributed by atoms with Crippen molar-refractivity contribution in [3.8, 4) is 0 Å². The fraction of sp³-hybridized carbons (Fsp3) is 0.909. The van der Waals surface area contributed by atoms with Crippen LogP contribution in [0.3, 0.4) is 0 Å². The van der Waals surface area contributed by atoms with Crippen LogP contribution in [-0.2, 0) is 9.53 Å². The van der Waals surface area contributed by atoms with Gasteiger partial charge in [-0.05, 0) is 25.3 Å². The second kappa shape index (κ2) is 4.94. The molecular weight excluding hydrogens is 192 g/mol. The molecule has 86 valence electrons. The Kier molecular flexibility index (Phi) is 3.59. The smallest absolute Gasteiger partial charge is 0.224 e. The van der Waals surface area contributed by atoms with Gasteiger partial charge in [0.2, 0.25) is 5.91 Å². The summed E-state index contributed by atoms with van der Waals surface area (Å²) in [6.45, 7) is 5.43. The van der Waals surface area contributed by atoms with E-state index in [0.29, 0.717) is 12.5 Å². The summed E-state index contributed by atoms with van der Waals surface area (Å²) >= 11 is 0. The summed E-state index contributed by atoms with van der Waals surface area (Å²) in [5.74, 6) is 0.781. The van der Waals surface area contributed by atoms with Crippen LogP contribution in [0.15, 0.2) is 0 Å². The maximum atomic E-state index is 11.8. The molecule has 2 N–H and O–H groups in total. The van der Waals surface area contributed by atoms with Crippen LogP contribution in [0.2, 0.25) is 0 Å². The summed E-state index contributed by atoms with van der Waals surface area (Å²) in [5.41, 5.74) is 0. The number of hydrogen-bond acceptors (Lipinski definition) is 3. The molecule has 15 heavy (non-hydrogen) atoms. The minimum atomic E-state index is 0.145. The van der Waals surface area contributed by atoms with Crippen molar-refractivity contribution in [3.05, 3.63) is 0 Å². The molecule has 0 spiro atoms. The third kappa shape index (κ3) is 2.69. The molecule has 0 aliphatic carbocycles. The minimum Gasteiger partial charge on any atom is -0.376 e. The van der Waals surface area contributed by atoms with E-state index in [-0.39, 0.29) is 17.9 Å². The van der Waals surface area contributed by atoms with Crippen molar-refractivity contribution in [1.29, 1.82) is 0 Å². The van der Waals surface area contributed by atoms with E-state index in [2.05, 4.69) is 17.6 Å². The Morgan fingerprint density at radius 1 is 1.53 bits per heavy atom. The van der Waals surface area contributed by atoms with E-state index in [0.717, 1.165) is 32.5 Å². The molecule has 0 aromatic rings. The summed E-state index contributed by atoms with van der Waals surface area (Å²) in [7, 11) is 0. The molecule has 0 aromatic carbocycles. The van der Waals surface area contributed by atoms with E-state index in [9.17, 15) is 4.79 Å². The van der Waals surface area contributed by atoms with E-state index in [1.165, 1.54) is 0 Å². The third-order valence-corrected chi connectivity index (χ3v) is 3.38. The Balaban J connectivity index is 1.71. The molecule has 0 aromatic heterocycles. The van der Waals surface area contributed by atoms with Gasteiger partial charge in [0.15, 0.2) is 0 Å². The Bertz CT molecular complexity index is 227. The fourth-order valence-corrected chi connectivity index (χ4v) is 2.31. The number of carbonyl (C=O) groups is 1. The number of nitrogens with one attached hydrogen (secondary N) is 2. The van der Waals surface area contributed by atoms with Gasteiger partial charge in [-0.3, -0.25) is 4.79 Å². The van der Waals surface area contributed by atoms with Gasteiger partial charge in [0, 0.05) is 19.7 Å². The second-order valence-corrected chi connectivity index (χ2v) is 4.62. The lowest BCUT2D eigenvalue weighted by Gasteiger charge is -2.16. The lowest BCUT2D eigenvalue weighted by molar-refractivity contribution is -0.125. The molecule has 2 rings (SSSR count). The molecule has 2 aliphatic heterocycles. The van der Waals surface area contributed by atoms with Crippen molar-refractivity contribution in [1.82, 2.24) is 10.6 Å². The van der Waals surface area contributed by atoms with Crippen molar-refractivity contribution in [2.24, 2.45) is 11.8 Å². The van der Waals surface area contributed by atoms with Crippen LogP contribution < -0.4 is 10.6 Å². The van der Waals surface area contributed by atoms with Gasteiger partial charge in [0.05, 0.1) is 12.0 Å². The predicted molar refractivity (Wildman–Crippen MR) is 57.5 cm³/mol. The van der Waals surface area contributed by atoms with E-state index in [4.69, 9.17) is 4.74 Å². The zero-order valence-electron chi connectivity index (χ0n) is 9.29. The number of rotatable bonds is 3. The Labute approximate surface area is 90.8 Å². The molecule has 2 fully saturated rings. The molecule has 0 radical (unpaired) electrons. The quantitative estimate of drug-likeness (QED) is 0.699. The van der Waals surface area contributed by atoms with Crippen molar-refractivity contribution in [3.63, 3.8) is 0 Å². The summed E-state index contributed by atoms with van der Waals surface area (Å²) in [6, 6.07) is 0. The van der Waals surface area contributed by atoms with Gasteiger partial charge < -0.3 is 15.4 Å². The van der Waals surface area contributed by atoms with Crippen LogP contribution >= 0.6 is 0 Å². The number of ether oxygens (including phenoxy) is 1. The van der Waals surface area contributed by atoms with E-state index < -0.39 is 0 Å². The summed E-state index contributed by atoms with van der Waals surface area (Å²) in [4.78, 5) is 11.8. The normalized spacial score (nSPS) is 35.7. The maximum Gasteiger partial charge on any atom is 0.224 e. The highest BCUT2D eigenvalue weighted by Gasteiger charge is 2.29. The first-order valence-electron chi connectivity index (χ1n) is 5.87. The van der Waals surface area contributed by atoms with Crippen molar-refractivity contribution < 1.29 is 9.53 Å². The lowest BCUT2D eigenvalue weighted by atomic mass is 9.97. The SMILES string of the molecule is CC1CNCC1C(=O)NCC1CCCO1. The number of hydrogen-bond donors (Lipinski definition) is 2. The third-order valence-electron chi connectivity index (χ3n) is 3.38. The highest BCUT2D eigenvalue weighted by Crippen LogP contribution is 2.16. The van der Waals surface area contributed by atoms with Gasteiger partial charge in [0.25, 0.3) is 0 Å². The van der Waals surface area contributed by atoms with Gasteiger partial charge >= 0.3 is 0 Å². The van der Waals surface area contributed by atoms with Gasteiger partial charge in [-0.1, -0.05) is 6.92 Å². The van der Waals surface area contributed by atoms with Crippen LogP contribution in [-0.4, -0.2) is 38.3 Å². The lowest BCUT2D eigenvalue weighted by Crippen LogP contribution is -2.38. The first-order chi connectivity index (χ1) is 7.27. The van der Waals surface area contributed by atoms with E-state index in [1.54, 1.807) is 0 Å². The standard InChI is InChI=1S/C11H20N2O2/c1-8-5-12-7-10(8)11(14)13-6-9-3-2-4-15-9/h8-10,12H,2-7H2,1H3,(H,13,14). The van der Waals surface area contributed by atoms with E-state index >= 15 is 0 Å². The van der Waals surface area contributed by atoms with Crippen LogP contribution in [0.5, 0.6) is 0 Å². The average Bonchev–Trinajstić information content (AvgIpc) is 2.84. The first-order valence-corrected chi connectivity index (χ1v) is 5.87. The van der Waals surface area contributed by atoms with Crippen LogP contribution in [0.25, 0.3) is 0 Å². The summed E-state index contributed by atoms with van der Waals surface area (Å²) in [6.07, 6.45) is 2.46. The molecule has 0 bridgehead atoms. The molecule has 4 heteroatoms. The summed E-state index contributed by atoms with van der Waals surface area (Å²) in [5, 5.41) is 6.23. The topological polar surface area (TPSA) is 50.4 Å². The van der Waals surface area contributed by atoms with Crippen molar-refractivity contribution >= 4 is 5.91 Å². The molecule has 2 aliphatic rings. The molecular formula is C11H20N2O2. The van der Waals surface area contributed by atoms with E-state index in [1.807, 2.05) is 0 Å². The maximum absolute atomic E-state index is 11.8. The van der Waals surface area contributed by atoms with Gasteiger partial charge in [0.1, 0.15) is 0 Å². The van der Waals surface area contributed by atoms with Crippen LogP contribution in [0.4, 0.5) is 0 Å². The number of carbonyl (C=O) groups excluding carboxylic acids is 1. The fourth-order valence-electron chi connectivity index (χ4n) is 2.31. The largest absolute Gasteiger partial charge is 0.376 e. The molecule has 4 nitrogen and oxygen atoms in total. The minimum absolute atomic E-state index is 0.145. The van der Waals surface area contributed by atoms with Crippen LogP contribution in [0.1, 0.15) is 19.8 Å². The Hall–Kier alpha value is -0.610.